The lowest BCUT2D eigenvalue weighted by atomic mass is 9.94. The number of hydrogen-bond acceptors (Lipinski definition) is 3. The minimum atomic E-state index is -4.53. The van der Waals surface area contributed by atoms with Crippen LogP contribution in [0.15, 0.2) is 59.8 Å². The van der Waals surface area contributed by atoms with Crippen LogP contribution >= 0.6 is 0 Å². The van der Waals surface area contributed by atoms with Gasteiger partial charge in [-0.3, -0.25) is 4.79 Å². The first-order valence-electron chi connectivity index (χ1n) is 9.18. The van der Waals surface area contributed by atoms with Gasteiger partial charge in [-0.1, -0.05) is 18.2 Å². The maximum Gasteiger partial charge on any atom is 0.416 e. The fourth-order valence-electron chi connectivity index (χ4n) is 3.14. The van der Waals surface area contributed by atoms with E-state index in [-0.39, 0.29) is 11.3 Å². The van der Waals surface area contributed by atoms with Crippen LogP contribution in [0.25, 0.3) is 0 Å². The van der Waals surface area contributed by atoms with Crippen molar-refractivity contribution in [2.45, 2.75) is 26.1 Å². The topological polar surface area (TPSA) is 79.5 Å². The molecule has 1 aliphatic heterocycles. The number of carbonyl (C=O) groups is 2. The molecular weight excluding hydrogens is 399 g/mol. The second-order valence-corrected chi connectivity index (χ2v) is 6.60. The van der Waals surface area contributed by atoms with Crippen molar-refractivity contribution in [3.05, 3.63) is 70.9 Å². The van der Waals surface area contributed by atoms with Gasteiger partial charge in [0.15, 0.2) is 0 Å². The number of allylic oxidation sites excluding steroid dienone is 1. The number of rotatable bonds is 5. The van der Waals surface area contributed by atoms with Gasteiger partial charge in [-0.05, 0) is 49.7 Å². The first-order chi connectivity index (χ1) is 14.2. The van der Waals surface area contributed by atoms with Gasteiger partial charge in [-0.25, -0.2) is 4.79 Å². The van der Waals surface area contributed by atoms with E-state index in [1.807, 2.05) is 6.92 Å². The third-order valence-corrected chi connectivity index (χ3v) is 4.49. The highest BCUT2D eigenvalue weighted by Crippen LogP contribution is 2.32. The van der Waals surface area contributed by atoms with Crippen LogP contribution in [0.5, 0.6) is 5.75 Å². The molecular formula is C21H20F3N3O3. The third-order valence-electron chi connectivity index (χ3n) is 4.49. The molecule has 0 radical (unpaired) electrons. The molecule has 6 nitrogen and oxygen atoms in total. The summed E-state index contributed by atoms with van der Waals surface area (Å²) < 4.78 is 44.2. The second-order valence-electron chi connectivity index (χ2n) is 6.60. The summed E-state index contributed by atoms with van der Waals surface area (Å²) in [4.78, 5) is 24.9. The highest BCUT2D eigenvalue weighted by Gasteiger charge is 2.33. The van der Waals surface area contributed by atoms with Gasteiger partial charge < -0.3 is 20.7 Å². The SMILES string of the molecule is CCOc1ccc([C@@H]2NC(=O)NC(C)=C2C(=O)Nc2cccc(C(F)(F)F)c2)cc1. The van der Waals surface area contributed by atoms with E-state index in [4.69, 9.17) is 4.74 Å². The van der Waals surface area contributed by atoms with E-state index in [1.54, 1.807) is 31.2 Å². The number of ether oxygens (including phenoxy) is 1. The molecule has 0 spiro atoms. The zero-order valence-corrected chi connectivity index (χ0v) is 16.3. The van der Waals surface area contributed by atoms with Gasteiger partial charge in [0.25, 0.3) is 5.91 Å². The summed E-state index contributed by atoms with van der Waals surface area (Å²) in [5.41, 5.74) is 0.252. The monoisotopic (exact) mass is 419 g/mol. The molecule has 0 fully saturated rings. The van der Waals surface area contributed by atoms with Crippen molar-refractivity contribution in [1.82, 2.24) is 10.6 Å². The molecule has 0 unspecified atom stereocenters. The van der Waals surface area contributed by atoms with Crippen molar-refractivity contribution < 1.29 is 27.5 Å². The Kier molecular flexibility index (Phi) is 6.00. The van der Waals surface area contributed by atoms with Gasteiger partial charge in [0.1, 0.15) is 5.75 Å². The molecule has 0 saturated heterocycles. The molecule has 1 aliphatic rings. The van der Waals surface area contributed by atoms with E-state index in [1.165, 1.54) is 12.1 Å². The molecule has 0 bridgehead atoms. The van der Waals surface area contributed by atoms with Crippen molar-refractivity contribution in [2.24, 2.45) is 0 Å². The van der Waals surface area contributed by atoms with Crippen molar-refractivity contribution in [3.8, 4) is 5.75 Å². The van der Waals surface area contributed by atoms with Crippen molar-refractivity contribution in [1.29, 1.82) is 0 Å². The molecule has 2 aromatic rings. The largest absolute Gasteiger partial charge is 0.494 e. The summed E-state index contributed by atoms with van der Waals surface area (Å²) in [6.07, 6.45) is -4.53. The molecule has 3 N–H and O–H groups in total. The van der Waals surface area contributed by atoms with E-state index in [9.17, 15) is 22.8 Å². The Hall–Kier alpha value is -3.49. The van der Waals surface area contributed by atoms with E-state index >= 15 is 0 Å². The number of alkyl halides is 3. The van der Waals surface area contributed by atoms with Crippen molar-refractivity contribution >= 4 is 17.6 Å². The van der Waals surface area contributed by atoms with Crippen molar-refractivity contribution in [3.63, 3.8) is 0 Å². The lowest BCUT2D eigenvalue weighted by Gasteiger charge is -2.28. The molecule has 0 saturated carbocycles. The van der Waals surface area contributed by atoms with Gasteiger partial charge in [0, 0.05) is 11.4 Å². The highest BCUT2D eigenvalue weighted by molar-refractivity contribution is 6.06. The van der Waals surface area contributed by atoms with E-state index in [2.05, 4.69) is 16.0 Å². The minimum Gasteiger partial charge on any atom is -0.494 e. The number of benzene rings is 2. The number of nitrogens with one attached hydrogen (secondary N) is 3. The second kappa shape index (κ2) is 8.48. The Labute approximate surface area is 171 Å². The number of amides is 3. The fourth-order valence-corrected chi connectivity index (χ4v) is 3.14. The predicted octanol–water partition coefficient (Wildman–Crippen LogP) is 4.37. The standard InChI is InChI=1S/C21H20F3N3O3/c1-3-30-16-9-7-13(8-10-16)18-17(12(2)25-20(29)27-18)19(28)26-15-6-4-5-14(11-15)21(22,23)24/h4-11,18H,3H2,1-2H3,(H,26,28)(H2,25,27,29)/t18-/m0/s1. The lowest BCUT2D eigenvalue weighted by Crippen LogP contribution is -2.45. The number of halogens is 3. The Balaban J connectivity index is 1.89. The molecule has 1 heterocycles. The van der Waals surface area contributed by atoms with Crippen molar-refractivity contribution in [2.75, 3.05) is 11.9 Å². The van der Waals surface area contributed by atoms with E-state index < -0.39 is 29.7 Å². The van der Waals surface area contributed by atoms with Gasteiger partial charge in [0.05, 0.1) is 23.8 Å². The van der Waals surface area contributed by atoms with E-state index in [0.29, 0.717) is 23.6 Å². The Morgan fingerprint density at radius 1 is 1.17 bits per heavy atom. The number of anilines is 1. The molecule has 30 heavy (non-hydrogen) atoms. The average Bonchev–Trinajstić information content (AvgIpc) is 2.67. The number of hydrogen-bond donors (Lipinski definition) is 3. The van der Waals surface area contributed by atoms with Crippen LogP contribution in [-0.2, 0) is 11.0 Å². The number of urea groups is 1. The minimum absolute atomic E-state index is 0.00234. The van der Waals surface area contributed by atoms with Gasteiger partial charge >= 0.3 is 12.2 Å². The first-order valence-corrected chi connectivity index (χ1v) is 9.18. The summed E-state index contributed by atoms with van der Waals surface area (Å²) in [6.45, 7) is 3.90. The third kappa shape index (κ3) is 4.73. The molecule has 0 aromatic heterocycles. The van der Waals surface area contributed by atoms with Crippen LogP contribution in [0, 0.1) is 0 Å². The molecule has 3 rings (SSSR count). The normalized spacial score (nSPS) is 16.6. The molecule has 9 heteroatoms. The van der Waals surface area contributed by atoms with Crippen LogP contribution in [0.2, 0.25) is 0 Å². The summed E-state index contributed by atoms with van der Waals surface area (Å²) in [7, 11) is 0. The summed E-state index contributed by atoms with van der Waals surface area (Å²) in [5, 5.41) is 7.69. The van der Waals surface area contributed by atoms with Gasteiger partial charge in [0.2, 0.25) is 0 Å². The van der Waals surface area contributed by atoms with Crippen LogP contribution in [0.1, 0.15) is 31.0 Å². The van der Waals surface area contributed by atoms with Crippen LogP contribution in [0.4, 0.5) is 23.7 Å². The lowest BCUT2D eigenvalue weighted by molar-refractivity contribution is -0.137. The first kappa shape index (κ1) is 21.2. The summed E-state index contributed by atoms with van der Waals surface area (Å²) in [5.74, 6) is 0.00962. The zero-order valence-electron chi connectivity index (χ0n) is 16.3. The molecule has 158 valence electrons. The van der Waals surface area contributed by atoms with Crippen LogP contribution in [0.3, 0.4) is 0 Å². The Morgan fingerprint density at radius 2 is 1.87 bits per heavy atom. The van der Waals surface area contributed by atoms with Gasteiger partial charge in [-0.2, -0.15) is 13.2 Å². The molecule has 1 atom stereocenters. The maximum atomic E-state index is 12.9. The fraction of sp³-hybridized carbons (Fsp3) is 0.238. The Morgan fingerprint density at radius 3 is 2.50 bits per heavy atom. The molecule has 2 aromatic carbocycles. The zero-order chi connectivity index (χ0) is 21.9. The molecule has 3 amide bonds. The molecule has 0 aliphatic carbocycles. The maximum absolute atomic E-state index is 12.9. The quantitative estimate of drug-likeness (QED) is 0.673. The van der Waals surface area contributed by atoms with Crippen LogP contribution in [-0.4, -0.2) is 18.5 Å². The average molecular weight is 419 g/mol. The number of carbonyl (C=O) groups excluding carboxylic acids is 2. The van der Waals surface area contributed by atoms with E-state index in [0.717, 1.165) is 12.1 Å². The predicted molar refractivity (Wildman–Crippen MR) is 105 cm³/mol. The van der Waals surface area contributed by atoms with Gasteiger partial charge in [-0.15, -0.1) is 0 Å². The van der Waals surface area contributed by atoms with Crippen LogP contribution < -0.4 is 20.7 Å². The summed E-state index contributed by atoms with van der Waals surface area (Å²) >= 11 is 0. The summed E-state index contributed by atoms with van der Waals surface area (Å²) in [6, 6.07) is 9.95. The smallest absolute Gasteiger partial charge is 0.416 e. The highest BCUT2D eigenvalue weighted by atomic mass is 19.4. The Bertz CT molecular complexity index is 985.